The van der Waals surface area contributed by atoms with Gasteiger partial charge in [-0.1, -0.05) is 159 Å². The molecular formula is C56H35N3OS. The molecular weight excluding hydrogens is 763 g/mol. The highest BCUT2D eigenvalue weighted by molar-refractivity contribution is 7.99. The van der Waals surface area contributed by atoms with Gasteiger partial charge in [0.15, 0.2) is 5.58 Å². The molecule has 0 atom stereocenters. The van der Waals surface area contributed by atoms with Gasteiger partial charge in [-0.2, -0.15) is 0 Å². The van der Waals surface area contributed by atoms with Crippen molar-refractivity contribution in [2.24, 2.45) is 0 Å². The van der Waals surface area contributed by atoms with E-state index in [1.54, 1.807) is 0 Å². The molecule has 5 heteroatoms. The summed E-state index contributed by atoms with van der Waals surface area (Å²) in [6, 6.07) is 64.5. The molecule has 3 aromatic heterocycles. The van der Waals surface area contributed by atoms with Crippen LogP contribution in [-0.4, -0.2) is 14.5 Å². The second-order valence-electron chi connectivity index (χ2n) is 17.2. The van der Waals surface area contributed by atoms with E-state index in [1.807, 2.05) is 23.9 Å². The first-order chi connectivity index (χ1) is 30.0. The van der Waals surface area contributed by atoms with E-state index in [-0.39, 0.29) is 5.41 Å². The Balaban J connectivity index is 1.08. The number of aromatic nitrogens is 3. The molecule has 0 saturated carbocycles. The molecule has 2 aliphatic carbocycles. The van der Waals surface area contributed by atoms with Crippen LogP contribution < -0.4 is 0 Å². The van der Waals surface area contributed by atoms with Crippen molar-refractivity contribution in [1.29, 1.82) is 0 Å². The molecule has 0 fully saturated rings. The van der Waals surface area contributed by atoms with Gasteiger partial charge in [0.25, 0.3) is 0 Å². The summed E-state index contributed by atoms with van der Waals surface area (Å²) >= 11 is 1.88. The van der Waals surface area contributed by atoms with Gasteiger partial charge >= 0.3 is 0 Å². The Hall–Kier alpha value is -7.21. The quantitative estimate of drug-likeness (QED) is 0.175. The van der Waals surface area contributed by atoms with Crippen molar-refractivity contribution in [3.8, 4) is 39.5 Å². The second kappa shape index (κ2) is 11.7. The minimum Gasteiger partial charge on any atom is -0.452 e. The molecule has 11 aromatic rings. The highest BCUT2D eigenvalue weighted by Crippen LogP contribution is 2.63. The van der Waals surface area contributed by atoms with Crippen LogP contribution >= 0.6 is 11.8 Å². The van der Waals surface area contributed by atoms with E-state index in [1.165, 1.54) is 76.2 Å². The molecule has 286 valence electrons. The lowest BCUT2D eigenvalue weighted by atomic mass is 9.67. The van der Waals surface area contributed by atoms with Crippen molar-refractivity contribution in [2.45, 2.75) is 34.5 Å². The summed E-state index contributed by atoms with van der Waals surface area (Å²) in [5.41, 5.74) is 18.6. The Morgan fingerprint density at radius 3 is 1.89 bits per heavy atom. The summed E-state index contributed by atoms with van der Waals surface area (Å²) < 4.78 is 9.02. The molecule has 61 heavy (non-hydrogen) atoms. The molecule has 1 aliphatic heterocycles. The van der Waals surface area contributed by atoms with Crippen LogP contribution in [0.3, 0.4) is 0 Å². The fourth-order valence-corrected chi connectivity index (χ4v) is 12.5. The van der Waals surface area contributed by atoms with Crippen molar-refractivity contribution in [1.82, 2.24) is 14.5 Å². The van der Waals surface area contributed by atoms with Crippen molar-refractivity contribution in [2.75, 3.05) is 0 Å². The predicted octanol–water partition coefficient (Wildman–Crippen LogP) is 14.3. The molecule has 1 spiro atoms. The number of rotatable bonds is 2. The number of nitrogens with zero attached hydrogens (tertiary/aromatic N) is 3. The third kappa shape index (κ3) is 4.21. The lowest BCUT2D eigenvalue weighted by Gasteiger charge is -2.39. The first kappa shape index (κ1) is 33.6. The number of para-hydroxylation sites is 2. The molecule has 0 saturated heterocycles. The summed E-state index contributed by atoms with van der Waals surface area (Å²) in [6.07, 6.45) is 0. The highest BCUT2D eigenvalue weighted by atomic mass is 32.2. The van der Waals surface area contributed by atoms with Crippen LogP contribution in [0.15, 0.2) is 190 Å². The van der Waals surface area contributed by atoms with Crippen molar-refractivity contribution in [3.05, 3.63) is 209 Å². The summed E-state index contributed by atoms with van der Waals surface area (Å²) in [5.74, 6) is 0.619. The summed E-state index contributed by atoms with van der Waals surface area (Å²) in [4.78, 5) is 13.6. The third-order valence-electron chi connectivity index (χ3n) is 13.9. The van der Waals surface area contributed by atoms with Gasteiger partial charge in [0.05, 0.1) is 16.4 Å². The van der Waals surface area contributed by atoms with Crippen LogP contribution in [0.1, 0.15) is 47.2 Å². The van der Waals surface area contributed by atoms with Gasteiger partial charge in [-0.3, -0.25) is 4.57 Å². The number of fused-ring (bicyclic) bond motifs is 18. The normalized spacial score (nSPS) is 14.9. The lowest BCUT2D eigenvalue weighted by molar-refractivity contribution is 0.659. The van der Waals surface area contributed by atoms with E-state index in [9.17, 15) is 0 Å². The molecule has 4 heterocycles. The maximum atomic E-state index is 6.72. The van der Waals surface area contributed by atoms with E-state index < -0.39 is 5.41 Å². The fraction of sp³-hybridized carbons (Fsp3) is 0.0714. The van der Waals surface area contributed by atoms with Crippen LogP contribution in [0.25, 0.3) is 83.3 Å². The summed E-state index contributed by atoms with van der Waals surface area (Å²) in [7, 11) is 0. The average Bonchev–Trinajstić information content (AvgIpc) is 4.00. The van der Waals surface area contributed by atoms with Crippen molar-refractivity contribution < 1.29 is 4.42 Å². The van der Waals surface area contributed by atoms with Gasteiger partial charge in [-0.15, -0.1) is 0 Å². The summed E-state index contributed by atoms with van der Waals surface area (Å²) in [6.45, 7) is 4.65. The minimum absolute atomic E-state index is 0.166. The Bertz CT molecular complexity index is 3690. The number of benzene rings is 8. The van der Waals surface area contributed by atoms with Crippen LogP contribution in [0, 0.1) is 0 Å². The maximum absolute atomic E-state index is 6.72. The fourth-order valence-electron chi connectivity index (χ4n) is 11.3. The summed E-state index contributed by atoms with van der Waals surface area (Å²) in [5, 5.41) is 3.32. The Morgan fingerprint density at radius 2 is 1.10 bits per heavy atom. The predicted molar refractivity (Wildman–Crippen MR) is 248 cm³/mol. The average molecular weight is 798 g/mol. The Labute approximate surface area is 356 Å². The molecule has 8 aromatic carbocycles. The van der Waals surface area contributed by atoms with E-state index >= 15 is 0 Å². The van der Waals surface area contributed by atoms with Crippen LogP contribution in [0.5, 0.6) is 0 Å². The smallest absolute Gasteiger partial charge is 0.236 e. The van der Waals surface area contributed by atoms with Crippen molar-refractivity contribution >= 4 is 55.6 Å². The van der Waals surface area contributed by atoms with E-state index in [0.717, 1.165) is 38.8 Å². The van der Waals surface area contributed by atoms with E-state index in [0.29, 0.717) is 11.5 Å². The molecule has 4 nitrogen and oxygen atoms in total. The highest BCUT2D eigenvalue weighted by Gasteiger charge is 2.50. The van der Waals surface area contributed by atoms with Gasteiger partial charge in [0, 0.05) is 36.9 Å². The number of hydrogen-bond acceptors (Lipinski definition) is 4. The van der Waals surface area contributed by atoms with Gasteiger partial charge in [-0.05, 0) is 98.1 Å². The molecule has 14 rings (SSSR count). The molecule has 0 radical (unpaired) electrons. The molecule has 0 bridgehead atoms. The zero-order valence-electron chi connectivity index (χ0n) is 33.4. The van der Waals surface area contributed by atoms with Gasteiger partial charge < -0.3 is 4.42 Å². The zero-order valence-corrected chi connectivity index (χ0v) is 34.2. The van der Waals surface area contributed by atoms with E-state index in [2.05, 4.69) is 182 Å². The lowest BCUT2D eigenvalue weighted by Crippen LogP contribution is -2.32. The maximum Gasteiger partial charge on any atom is 0.236 e. The minimum atomic E-state index is -0.509. The molecule has 0 amide bonds. The monoisotopic (exact) mass is 797 g/mol. The molecule has 0 N–H and O–H groups in total. The number of furan rings is 1. The first-order valence-electron chi connectivity index (χ1n) is 21.0. The Kier molecular flexibility index (Phi) is 6.47. The van der Waals surface area contributed by atoms with Crippen LogP contribution in [-0.2, 0) is 10.8 Å². The zero-order chi connectivity index (χ0) is 40.2. The van der Waals surface area contributed by atoms with Gasteiger partial charge in [-0.25, -0.2) is 9.97 Å². The largest absolute Gasteiger partial charge is 0.452 e. The third-order valence-corrected chi connectivity index (χ3v) is 15.0. The van der Waals surface area contributed by atoms with Crippen LogP contribution in [0.4, 0.5) is 0 Å². The van der Waals surface area contributed by atoms with Gasteiger partial charge in [0.2, 0.25) is 5.95 Å². The molecule has 0 unspecified atom stereocenters. The second-order valence-corrected chi connectivity index (χ2v) is 18.3. The van der Waals surface area contributed by atoms with Crippen LogP contribution in [0.2, 0.25) is 0 Å². The molecule has 3 aliphatic rings. The Morgan fingerprint density at radius 1 is 0.475 bits per heavy atom. The van der Waals surface area contributed by atoms with Gasteiger partial charge in [0.1, 0.15) is 16.8 Å². The van der Waals surface area contributed by atoms with E-state index in [4.69, 9.17) is 14.4 Å². The van der Waals surface area contributed by atoms with Crippen molar-refractivity contribution in [3.63, 3.8) is 0 Å². The number of hydrogen-bond donors (Lipinski definition) is 0. The standard InChI is InChI=1S/C56H35N3OS/c1-55(2)40-20-8-3-15-33(40)36-28-27-32(29-44(36)55)51-53-52(38-19-7-13-25-48(38)60-53)58-54(57-51)59-46-24-12-6-18-37(46)39-30-50-45(31-47(39)59)56(43-23-11-14-26-49(43)61-50)41-21-9-4-16-34(41)35-17-5-10-22-42(35)56/h3-31H,1-2H3. The SMILES string of the molecule is CC1(C)c2ccccc2-c2ccc(-c3nc(-n4c5ccccc5c5cc6c(cc54)C4(c5ccccc5S6)c5ccccc5-c5ccccc54)nc4c3oc3ccccc34)cc21. The first-order valence-corrected chi connectivity index (χ1v) is 21.8. The topological polar surface area (TPSA) is 43.9 Å².